The first-order chi connectivity index (χ1) is 12.7. The molecule has 0 bridgehead atoms. The van der Waals surface area contributed by atoms with Crippen LogP contribution in [0.15, 0.2) is 31.1 Å². The summed E-state index contributed by atoms with van der Waals surface area (Å²) in [6.07, 6.45) is 0. The van der Waals surface area contributed by atoms with E-state index in [0.29, 0.717) is 5.76 Å². The maximum absolute atomic E-state index is 12.2. The molecule has 3 N–H and O–H groups in total. The SMILES string of the molecule is CN(C)S(=O)(=O)c1scc(Nc2n[s+]([O-])[nH]c2=NCc2ccc(Cl)o2)c1O. The molecule has 27 heavy (non-hydrogen) atoms. The average Bonchev–Trinajstić information content (AvgIpc) is 3.26. The lowest BCUT2D eigenvalue weighted by Crippen LogP contribution is -2.21. The van der Waals surface area contributed by atoms with Crippen molar-refractivity contribution in [2.75, 3.05) is 19.4 Å². The van der Waals surface area contributed by atoms with E-state index >= 15 is 0 Å². The van der Waals surface area contributed by atoms with Gasteiger partial charge in [0.1, 0.15) is 5.76 Å². The summed E-state index contributed by atoms with van der Waals surface area (Å²) in [5.41, 5.74) is 0.275. The molecule has 0 fully saturated rings. The van der Waals surface area contributed by atoms with Crippen molar-refractivity contribution in [2.45, 2.75) is 10.8 Å². The molecular weight excluding hydrogens is 438 g/mol. The summed E-state index contributed by atoms with van der Waals surface area (Å²) in [5.74, 6) is 0.128. The standard InChI is InChI=1S/C13H14ClN5O5S3/c1-19(2)27(22,23)13-10(20)8(6-25-13)16-12-11(17-26(21)18-12)15-5-7-3-4-9(14)24-7/h3-4,6,20H,5H2,1-2H3,(H,15,17)(H,16,18). The monoisotopic (exact) mass is 451 g/mol. The largest absolute Gasteiger partial charge is 0.548 e. The van der Waals surface area contributed by atoms with Gasteiger partial charge >= 0.3 is 0 Å². The predicted molar refractivity (Wildman–Crippen MR) is 100 cm³/mol. The Labute approximate surface area is 165 Å². The number of furan rings is 1. The predicted octanol–water partition coefficient (Wildman–Crippen LogP) is 2.25. The Balaban J connectivity index is 1.90. The molecule has 10 nitrogen and oxygen atoms in total. The highest BCUT2D eigenvalue weighted by molar-refractivity contribution is 7.91. The first-order valence-corrected chi connectivity index (χ1v) is 11.0. The van der Waals surface area contributed by atoms with Crippen LogP contribution in [0.5, 0.6) is 5.75 Å². The second-order valence-corrected chi connectivity index (χ2v) is 9.84. The summed E-state index contributed by atoms with van der Waals surface area (Å²) < 4.78 is 48.4. The van der Waals surface area contributed by atoms with E-state index in [0.717, 1.165) is 15.6 Å². The quantitative estimate of drug-likeness (QED) is 0.487. The van der Waals surface area contributed by atoms with Crippen LogP contribution in [0.25, 0.3) is 0 Å². The Bertz CT molecular complexity index is 1130. The number of halogens is 1. The van der Waals surface area contributed by atoms with Gasteiger partial charge in [0.25, 0.3) is 10.0 Å². The van der Waals surface area contributed by atoms with Gasteiger partial charge in [0.15, 0.2) is 26.3 Å². The number of rotatable bonds is 6. The van der Waals surface area contributed by atoms with Crippen molar-refractivity contribution in [1.29, 1.82) is 0 Å². The number of hydrogen-bond acceptors (Lipinski definition) is 9. The first kappa shape index (κ1) is 19.9. The summed E-state index contributed by atoms with van der Waals surface area (Å²) in [7, 11) is -1.07. The Morgan fingerprint density at radius 1 is 1.52 bits per heavy atom. The van der Waals surface area contributed by atoms with Crippen LogP contribution in [0.1, 0.15) is 5.76 Å². The van der Waals surface area contributed by atoms with Crippen LogP contribution in [0.3, 0.4) is 0 Å². The number of anilines is 2. The zero-order chi connectivity index (χ0) is 19.8. The molecule has 0 saturated carbocycles. The van der Waals surface area contributed by atoms with Gasteiger partial charge in [0.2, 0.25) is 11.3 Å². The molecule has 0 spiro atoms. The van der Waals surface area contributed by atoms with Gasteiger partial charge in [-0.15, -0.1) is 15.7 Å². The van der Waals surface area contributed by atoms with Gasteiger partial charge in [0.05, 0.1) is 12.2 Å². The fourth-order valence-electron chi connectivity index (χ4n) is 1.96. The van der Waals surface area contributed by atoms with Crippen molar-refractivity contribution >= 4 is 55.6 Å². The number of H-pyrrole nitrogens is 1. The molecule has 3 aromatic heterocycles. The Hall–Kier alpha value is -1.90. The van der Waals surface area contributed by atoms with Crippen molar-refractivity contribution in [3.8, 4) is 5.75 Å². The Kier molecular flexibility index (Phi) is 5.60. The molecule has 0 saturated heterocycles. The van der Waals surface area contributed by atoms with Crippen LogP contribution in [0.2, 0.25) is 5.22 Å². The van der Waals surface area contributed by atoms with Crippen LogP contribution in [0, 0.1) is 0 Å². The van der Waals surface area contributed by atoms with Crippen LogP contribution in [0.4, 0.5) is 11.5 Å². The highest BCUT2D eigenvalue weighted by Gasteiger charge is 2.26. The average molecular weight is 452 g/mol. The minimum atomic E-state index is -3.80. The lowest BCUT2D eigenvalue weighted by Gasteiger charge is -2.09. The number of aromatic nitrogens is 2. The van der Waals surface area contributed by atoms with E-state index in [1.165, 1.54) is 19.5 Å². The van der Waals surface area contributed by atoms with Crippen LogP contribution < -0.4 is 10.8 Å². The summed E-state index contributed by atoms with van der Waals surface area (Å²) in [5, 5.41) is 14.6. The fraction of sp³-hybridized carbons (Fsp3) is 0.231. The third-order valence-corrected chi connectivity index (χ3v) is 7.53. The highest BCUT2D eigenvalue weighted by Crippen LogP contribution is 2.39. The molecule has 3 heterocycles. The number of aromatic amines is 1. The number of nitrogens with zero attached hydrogens (tertiary/aromatic N) is 3. The van der Waals surface area contributed by atoms with Gasteiger partial charge in [-0.3, -0.25) is 4.99 Å². The third-order valence-electron chi connectivity index (χ3n) is 3.30. The number of aromatic hydroxyl groups is 1. The second kappa shape index (κ2) is 7.61. The van der Waals surface area contributed by atoms with Crippen molar-refractivity contribution < 1.29 is 22.5 Å². The van der Waals surface area contributed by atoms with E-state index in [9.17, 15) is 18.1 Å². The van der Waals surface area contributed by atoms with Crippen LogP contribution in [-0.2, 0) is 16.6 Å². The minimum absolute atomic E-state index is 0.0906. The molecule has 1 atom stereocenters. The molecule has 3 aromatic rings. The normalized spacial score (nSPS) is 13.5. The molecule has 0 aliphatic rings. The number of thiophene rings is 1. The highest BCUT2D eigenvalue weighted by atomic mass is 35.5. The van der Waals surface area contributed by atoms with Crippen molar-refractivity contribution in [2.24, 2.45) is 4.99 Å². The molecule has 0 aliphatic heterocycles. The van der Waals surface area contributed by atoms with E-state index in [2.05, 4.69) is 19.1 Å². The Morgan fingerprint density at radius 2 is 2.26 bits per heavy atom. The lowest BCUT2D eigenvalue weighted by atomic mass is 10.4. The van der Waals surface area contributed by atoms with E-state index in [-0.39, 0.29) is 33.0 Å². The summed E-state index contributed by atoms with van der Waals surface area (Å²) in [6, 6.07) is 3.21. The maximum atomic E-state index is 12.2. The van der Waals surface area contributed by atoms with Gasteiger partial charge in [-0.05, 0) is 23.7 Å². The Morgan fingerprint density at radius 3 is 2.89 bits per heavy atom. The molecular formula is C13H14ClN5O5S3. The fourth-order valence-corrected chi connectivity index (χ4v) is 5.18. The van der Waals surface area contributed by atoms with Gasteiger partial charge in [0, 0.05) is 23.8 Å². The molecule has 0 radical (unpaired) electrons. The van der Waals surface area contributed by atoms with E-state index in [4.69, 9.17) is 16.0 Å². The van der Waals surface area contributed by atoms with Gasteiger partial charge in [-0.25, -0.2) is 12.7 Å². The topological polar surface area (TPSA) is 147 Å². The summed E-state index contributed by atoms with van der Waals surface area (Å²) in [4.78, 5) is 4.21. The maximum Gasteiger partial charge on any atom is 0.255 e. The molecule has 3 rings (SSSR count). The zero-order valence-electron chi connectivity index (χ0n) is 14.0. The van der Waals surface area contributed by atoms with Crippen molar-refractivity contribution in [3.63, 3.8) is 0 Å². The first-order valence-electron chi connectivity index (χ1n) is 7.24. The molecule has 14 heteroatoms. The summed E-state index contributed by atoms with van der Waals surface area (Å²) in [6.45, 7) is 0.114. The molecule has 0 amide bonds. The number of nitrogens with one attached hydrogen (secondary N) is 2. The van der Waals surface area contributed by atoms with E-state index in [1.54, 1.807) is 12.1 Å². The smallest absolute Gasteiger partial charge is 0.255 e. The van der Waals surface area contributed by atoms with Crippen LogP contribution in [-0.4, -0.2) is 45.2 Å². The zero-order valence-corrected chi connectivity index (χ0v) is 17.2. The van der Waals surface area contributed by atoms with Gasteiger partial charge in [-0.2, -0.15) is 0 Å². The molecule has 146 valence electrons. The molecule has 1 unspecified atom stereocenters. The number of sulfonamides is 1. The van der Waals surface area contributed by atoms with Crippen molar-refractivity contribution in [3.05, 3.63) is 34.0 Å². The molecule has 0 aromatic carbocycles. The molecule has 0 aliphatic carbocycles. The van der Waals surface area contributed by atoms with E-state index in [1.807, 2.05) is 0 Å². The lowest BCUT2D eigenvalue weighted by molar-refractivity contribution is 0.460. The third kappa shape index (κ3) is 4.17. The van der Waals surface area contributed by atoms with E-state index < -0.39 is 26.9 Å². The second-order valence-electron chi connectivity index (χ2n) is 5.36. The summed E-state index contributed by atoms with van der Waals surface area (Å²) >= 11 is 4.80. The van der Waals surface area contributed by atoms with Crippen LogP contribution >= 0.6 is 34.1 Å². The number of hydrogen-bond donors (Lipinski definition) is 3. The minimum Gasteiger partial charge on any atom is -0.548 e. The van der Waals surface area contributed by atoms with Gasteiger partial charge in [-0.1, -0.05) is 0 Å². The van der Waals surface area contributed by atoms with Gasteiger partial charge < -0.3 is 19.4 Å². The van der Waals surface area contributed by atoms with Crippen molar-refractivity contribution in [1.82, 2.24) is 13.1 Å².